The van der Waals surface area contributed by atoms with Gasteiger partial charge in [-0.3, -0.25) is 0 Å². The predicted molar refractivity (Wildman–Crippen MR) is 69.3 cm³/mol. The minimum atomic E-state index is 0.191. The van der Waals surface area contributed by atoms with Crippen molar-refractivity contribution in [2.24, 2.45) is 11.1 Å². The molecule has 1 aromatic rings. The molecule has 0 heterocycles. The first-order valence-electron chi connectivity index (χ1n) is 5.34. The van der Waals surface area contributed by atoms with Crippen LogP contribution in [0.3, 0.4) is 0 Å². The van der Waals surface area contributed by atoms with Crippen LogP contribution in [0.25, 0.3) is 0 Å². The minimum Gasteiger partial charge on any atom is -0.326 e. The van der Waals surface area contributed by atoms with Gasteiger partial charge in [-0.1, -0.05) is 38.5 Å². The molecule has 2 N–H and O–H groups in total. The van der Waals surface area contributed by atoms with Gasteiger partial charge in [0, 0.05) is 16.7 Å². The van der Waals surface area contributed by atoms with E-state index in [1.54, 1.807) is 0 Å². The van der Waals surface area contributed by atoms with E-state index >= 15 is 0 Å². The summed E-state index contributed by atoms with van der Waals surface area (Å²) in [6.07, 6.45) is 0. The van der Waals surface area contributed by atoms with Crippen molar-refractivity contribution in [3.05, 3.63) is 29.8 Å². The maximum Gasteiger partial charge on any atom is 0.0183 e. The van der Waals surface area contributed by atoms with Gasteiger partial charge < -0.3 is 5.73 Å². The van der Waals surface area contributed by atoms with Gasteiger partial charge in [-0.15, -0.1) is 11.8 Å². The Morgan fingerprint density at radius 1 is 1.33 bits per heavy atom. The van der Waals surface area contributed by atoms with Crippen LogP contribution >= 0.6 is 11.8 Å². The molecule has 0 aliphatic rings. The molecule has 84 valence electrons. The highest BCUT2D eigenvalue weighted by Crippen LogP contribution is 2.25. The average molecular weight is 223 g/mol. The topological polar surface area (TPSA) is 26.0 Å². The highest BCUT2D eigenvalue weighted by Gasteiger charge is 2.20. The predicted octanol–water partition coefficient (Wildman–Crippen LogP) is 3.46. The van der Waals surface area contributed by atoms with Gasteiger partial charge in [0.1, 0.15) is 0 Å². The summed E-state index contributed by atoms with van der Waals surface area (Å²) in [5.41, 5.74) is 7.62. The highest BCUT2D eigenvalue weighted by molar-refractivity contribution is 7.99. The number of benzene rings is 1. The molecule has 0 aliphatic carbocycles. The zero-order chi connectivity index (χ0) is 11.5. The number of nitrogens with two attached hydrogens (primary N) is 1. The molecule has 1 unspecified atom stereocenters. The molecule has 15 heavy (non-hydrogen) atoms. The van der Waals surface area contributed by atoms with Gasteiger partial charge >= 0.3 is 0 Å². The van der Waals surface area contributed by atoms with Crippen molar-refractivity contribution in [1.29, 1.82) is 0 Å². The number of hydrogen-bond donors (Lipinski definition) is 1. The number of thioether (sulfide) groups is 1. The van der Waals surface area contributed by atoms with Crippen molar-refractivity contribution in [3.63, 3.8) is 0 Å². The summed E-state index contributed by atoms with van der Waals surface area (Å²) >= 11 is 1.84. The van der Waals surface area contributed by atoms with Crippen LogP contribution in [0.5, 0.6) is 0 Å². The van der Waals surface area contributed by atoms with E-state index < -0.39 is 0 Å². The molecule has 1 aromatic carbocycles. The van der Waals surface area contributed by atoms with E-state index in [0.29, 0.717) is 0 Å². The van der Waals surface area contributed by atoms with Crippen molar-refractivity contribution >= 4 is 11.8 Å². The fourth-order valence-corrected chi connectivity index (χ4v) is 2.46. The smallest absolute Gasteiger partial charge is 0.0183 e. The van der Waals surface area contributed by atoms with Crippen LogP contribution in [0.4, 0.5) is 0 Å². The van der Waals surface area contributed by atoms with Crippen LogP contribution in [-0.4, -0.2) is 11.8 Å². The lowest BCUT2D eigenvalue weighted by atomic mass is 9.89. The molecule has 1 nitrogen and oxygen atoms in total. The van der Waals surface area contributed by atoms with Crippen molar-refractivity contribution < 1.29 is 0 Å². The molecule has 2 heteroatoms. The highest BCUT2D eigenvalue weighted by atomic mass is 32.2. The number of hydrogen-bond acceptors (Lipinski definition) is 2. The van der Waals surface area contributed by atoms with Gasteiger partial charge in [-0.2, -0.15) is 0 Å². The van der Waals surface area contributed by atoms with Crippen molar-refractivity contribution in [2.45, 2.75) is 38.6 Å². The Balaban J connectivity index is 2.51. The summed E-state index contributed by atoms with van der Waals surface area (Å²) in [5, 5.41) is 0. The molecule has 0 amide bonds. The monoisotopic (exact) mass is 223 g/mol. The summed E-state index contributed by atoms with van der Waals surface area (Å²) in [5.74, 6) is 0.979. The SMILES string of the molecule is Cc1cccc(SCC(N)C(C)(C)C)c1. The molecule has 0 aliphatic heterocycles. The van der Waals surface area contributed by atoms with Crippen molar-refractivity contribution in [2.75, 3.05) is 5.75 Å². The van der Waals surface area contributed by atoms with E-state index in [4.69, 9.17) is 5.73 Å². The zero-order valence-electron chi connectivity index (χ0n) is 10.1. The van der Waals surface area contributed by atoms with E-state index in [2.05, 4.69) is 52.0 Å². The second kappa shape index (κ2) is 5.04. The standard InChI is InChI=1S/C13H21NS/c1-10-6-5-7-11(8-10)15-9-12(14)13(2,3)4/h5-8,12H,9,14H2,1-4H3. The Labute approximate surface area is 97.4 Å². The van der Waals surface area contributed by atoms with Gasteiger partial charge in [0.2, 0.25) is 0 Å². The second-order valence-corrected chi connectivity index (χ2v) is 6.19. The normalized spacial score (nSPS) is 13.9. The van der Waals surface area contributed by atoms with Crippen molar-refractivity contribution in [1.82, 2.24) is 0 Å². The first-order chi connectivity index (χ1) is 6.89. The fraction of sp³-hybridized carbons (Fsp3) is 0.538. The molecule has 0 saturated heterocycles. The van der Waals surface area contributed by atoms with Crippen LogP contribution in [0.2, 0.25) is 0 Å². The first-order valence-corrected chi connectivity index (χ1v) is 6.33. The van der Waals surface area contributed by atoms with Crippen molar-refractivity contribution in [3.8, 4) is 0 Å². The lowest BCUT2D eigenvalue weighted by Gasteiger charge is -2.26. The summed E-state index contributed by atoms with van der Waals surface area (Å²) in [6.45, 7) is 8.69. The zero-order valence-corrected chi connectivity index (χ0v) is 10.9. The molecule has 1 rings (SSSR count). The Bertz CT molecular complexity index is 315. The molecular weight excluding hydrogens is 202 g/mol. The molecule has 1 atom stereocenters. The summed E-state index contributed by atoms with van der Waals surface area (Å²) in [4.78, 5) is 1.31. The third-order valence-electron chi connectivity index (χ3n) is 2.53. The largest absolute Gasteiger partial charge is 0.326 e. The summed E-state index contributed by atoms with van der Waals surface area (Å²) in [6, 6.07) is 8.81. The summed E-state index contributed by atoms with van der Waals surface area (Å²) in [7, 11) is 0. The van der Waals surface area contributed by atoms with Crippen LogP contribution in [0.15, 0.2) is 29.2 Å². The van der Waals surface area contributed by atoms with E-state index in [-0.39, 0.29) is 11.5 Å². The Morgan fingerprint density at radius 2 is 2.00 bits per heavy atom. The number of aryl methyl sites for hydroxylation is 1. The van der Waals surface area contributed by atoms with Gasteiger partial charge in [-0.25, -0.2) is 0 Å². The lowest BCUT2D eigenvalue weighted by molar-refractivity contribution is 0.344. The fourth-order valence-electron chi connectivity index (χ4n) is 1.14. The number of rotatable bonds is 3. The van der Waals surface area contributed by atoms with E-state index in [1.165, 1.54) is 10.5 Å². The quantitative estimate of drug-likeness (QED) is 0.794. The van der Waals surface area contributed by atoms with Gasteiger partial charge in [0.05, 0.1) is 0 Å². The molecule has 0 bridgehead atoms. The maximum atomic E-state index is 6.12. The molecule has 0 spiro atoms. The molecule has 0 aromatic heterocycles. The van der Waals surface area contributed by atoms with E-state index in [0.717, 1.165) is 5.75 Å². The second-order valence-electron chi connectivity index (χ2n) is 5.10. The van der Waals surface area contributed by atoms with E-state index in [1.807, 2.05) is 11.8 Å². The maximum absolute atomic E-state index is 6.12. The Kier molecular flexibility index (Phi) is 4.23. The Hall–Kier alpha value is -0.470. The van der Waals surface area contributed by atoms with E-state index in [9.17, 15) is 0 Å². The van der Waals surface area contributed by atoms with Crippen LogP contribution in [0, 0.1) is 12.3 Å². The third-order valence-corrected chi connectivity index (χ3v) is 3.64. The molecule has 0 saturated carbocycles. The molecule has 0 fully saturated rings. The molecule has 0 radical (unpaired) electrons. The average Bonchev–Trinajstić information content (AvgIpc) is 2.12. The molecular formula is C13H21NS. The van der Waals surface area contributed by atoms with Crippen LogP contribution < -0.4 is 5.73 Å². The van der Waals surface area contributed by atoms with Crippen LogP contribution in [-0.2, 0) is 0 Å². The third kappa shape index (κ3) is 4.27. The lowest BCUT2D eigenvalue weighted by Crippen LogP contribution is -2.37. The van der Waals surface area contributed by atoms with Gasteiger partial charge in [-0.05, 0) is 24.5 Å². The van der Waals surface area contributed by atoms with Crippen LogP contribution in [0.1, 0.15) is 26.3 Å². The minimum absolute atomic E-state index is 0.191. The van der Waals surface area contributed by atoms with Gasteiger partial charge in [0.15, 0.2) is 0 Å². The Morgan fingerprint density at radius 3 is 2.53 bits per heavy atom. The van der Waals surface area contributed by atoms with Gasteiger partial charge in [0.25, 0.3) is 0 Å². The first kappa shape index (κ1) is 12.6. The summed E-state index contributed by atoms with van der Waals surface area (Å²) < 4.78 is 0.